The Kier molecular flexibility index (Phi) is 6.82. The van der Waals surface area contributed by atoms with Gasteiger partial charge in [0.15, 0.2) is 5.79 Å². The molecule has 0 aromatic heterocycles. The number of ether oxygens (including phenoxy) is 4. The van der Waals surface area contributed by atoms with Gasteiger partial charge in [0.2, 0.25) is 0 Å². The number of hydrogen-bond donors (Lipinski definition) is 0. The van der Waals surface area contributed by atoms with E-state index in [2.05, 4.69) is 44.2 Å². The molecule has 0 aliphatic carbocycles. The molecule has 1 fully saturated rings. The Morgan fingerprint density at radius 1 is 0.970 bits per heavy atom. The number of carbonyl (C=O) groups excluding carboxylic acids is 1. The molecule has 3 aromatic carbocycles. The van der Waals surface area contributed by atoms with E-state index in [9.17, 15) is 4.79 Å². The maximum atomic E-state index is 10.8. The summed E-state index contributed by atoms with van der Waals surface area (Å²) in [6.45, 7) is 9.50. The van der Waals surface area contributed by atoms with Crippen molar-refractivity contribution in [3.8, 4) is 22.6 Å². The van der Waals surface area contributed by atoms with Crippen molar-refractivity contribution >= 4 is 6.29 Å². The summed E-state index contributed by atoms with van der Waals surface area (Å²) < 4.78 is 23.3. The Hall–Kier alpha value is -3.15. The van der Waals surface area contributed by atoms with Crippen molar-refractivity contribution in [2.75, 3.05) is 13.2 Å². The van der Waals surface area contributed by atoms with Gasteiger partial charge < -0.3 is 18.9 Å². The van der Waals surface area contributed by atoms with Gasteiger partial charge in [-0.3, -0.25) is 4.79 Å². The molecule has 1 aliphatic rings. The molecule has 3 aromatic rings. The van der Waals surface area contributed by atoms with Crippen LogP contribution in [0.2, 0.25) is 0 Å². The van der Waals surface area contributed by atoms with Gasteiger partial charge in [0, 0.05) is 5.56 Å². The molecule has 0 radical (unpaired) electrons. The third kappa shape index (κ3) is 5.62. The van der Waals surface area contributed by atoms with E-state index in [1.807, 2.05) is 32.0 Å². The van der Waals surface area contributed by atoms with Gasteiger partial charge in [-0.2, -0.15) is 0 Å². The molecule has 33 heavy (non-hydrogen) atoms. The molecule has 0 saturated carbocycles. The first-order valence-electron chi connectivity index (χ1n) is 11.2. The Morgan fingerprint density at radius 2 is 1.73 bits per heavy atom. The van der Waals surface area contributed by atoms with Crippen LogP contribution in [0.15, 0.2) is 60.7 Å². The van der Waals surface area contributed by atoms with Crippen LogP contribution in [0.3, 0.4) is 0 Å². The summed E-state index contributed by atoms with van der Waals surface area (Å²) in [5, 5.41) is 0. The summed E-state index contributed by atoms with van der Waals surface area (Å²) in [5.41, 5.74) is 6.41. The largest absolute Gasteiger partial charge is 0.491 e. The molecule has 5 nitrogen and oxygen atoms in total. The summed E-state index contributed by atoms with van der Waals surface area (Å²) in [6.07, 6.45) is 0.766. The van der Waals surface area contributed by atoms with Crippen molar-refractivity contribution in [3.63, 3.8) is 0 Å². The number of rotatable bonds is 8. The lowest BCUT2D eigenvalue weighted by Gasteiger charge is -2.18. The average Bonchev–Trinajstić information content (AvgIpc) is 3.16. The van der Waals surface area contributed by atoms with Crippen LogP contribution >= 0.6 is 0 Å². The van der Waals surface area contributed by atoms with Crippen LogP contribution in [0, 0.1) is 13.8 Å². The highest BCUT2D eigenvalue weighted by atomic mass is 16.7. The number of hydrogen-bond acceptors (Lipinski definition) is 5. The SMILES string of the molecule is Cc1cc(OC[C@H]2COC(C)(C)O2)ccc1-c1cccc(COc2ccc(C=O)cc2)c1C. The van der Waals surface area contributed by atoms with Crippen LogP contribution in [0.4, 0.5) is 0 Å². The van der Waals surface area contributed by atoms with Gasteiger partial charge in [0.05, 0.1) is 6.61 Å². The summed E-state index contributed by atoms with van der Waals surface area (Å²) in [5.74, 6) is 1.02. The van der Waals surface area contributed by atoms with E-state index >= 15 is 0 Å². The Balaban J connectivity index is 1.44. The zero-order valence-electron chi connectivity index (χ0n) is 19.6. The van der Waals surface area contributed by atoms with Gasteiger partial charge >= 0.3 is 0 Å². The third-order valence-electron chi connectivity index (χ3n) is 5.85. The van der Waals surface area contributed by atoms with Crippen molar-refractivity contribution in [2.45, 2.75) is 46.2 Å². The standard InChI is InChI=1S/C28H30O5/c1-19-14-24(31-17-25-18-32-28(3,4)33-25)12-13-26(19)27-7-5-6-22(20(27)2)16-30-23-10-8-21(15-29)9-11-23/h5-15,25H,16-18H2,1-4H3/t25-/m0/s1. The van der Waals surface area contributed by atoms with E-state index in [1.54, 1.807) is 12.1 Å². The fraction of sp³-hybridized carbons (Fsp3) is 0.321. The van der Waals surface area contributed by atoms with E-state index < -0.39 is 5.79 Å². The van der Waals surface area contributed by atoms with E-state index in [4.69, 9.17) is 18.9 Å². The van der Waals surface area contributed by atoms with Crippen molar-refractivity contribution < 1.29 is 23.7 Å². The molecule has 1 heterocycles. The summed E-state index contributed by atoms with van der Waals surface area (Å²) in [6, 6.07) is 19.6. The van der Waals surface area contributed by atoms with E-state index in [1.165, 1.54) is 16.7 Å². The van der Waals surface area contributed by atoms with Crippen LogP contribution in [0.25, 0.3) is 11.1 Å². The summed E-state index contributed by atoms with van der Waals surface area (Å²) in [7, 11) is 0. The van der Waals surface area contributed by atoms with Gasteiger partial charge in [0.25, 0.3) is 0 Å². The van der Waals surface area contributed by atoms with Crippen molar-refractivity contribution in [1.82, 2.24) is 0 Å². The smallest absolute Gasteiger partial charge is 0.163 e. The second-order valence-electron chi connectivity index (χ2n) is 8.80. The van der Waals surface area contributed by atoms with E-state index in [-0.39, 0.29) is 6.10 Å². The number of aryl methyl sites for hydroxylation is 1. The van der Waals surface area contributed by atoms with Gasteiger partial charge in [-0.1, -0.05) is 24.3 Å². The number of benzene rings is 3. The molecule has 0 spiro atoms. The highest BCUT2D eigenvalue weighted by Gasteiger charge is 2.33. The maximum Gasteiger partial charge on any atom is 0.163 e. The molecular weight excluding hydrogens is 416 g/mol. The average molecular weight is 447 g/mol. The second kappa shape index (κ2) is 9.77. The minimum Gasteiger partial charge on any atom is -0.491 e. The fourth-order valence-corrected chi connectivity index (χ4v) is 4.00. The lowest BCUT2D eigenvalue weighted by Crippen LogP contribution is -2.25. The molecule has 172 valence electrons. The highest BCUT2D eigenvalue weighted by Crippen LogP contribution is 2.32. The summed E-state index contributed by atoms with van der Waals surface area (Å²) >= 11 is 0. The molecule has 0 bridgehead atoms. The van der Waals surface area contributed by atoms with Crippen LogP contribution in [-0.4, -0.2) is 31.4 Å². The predicted octanol–water partition coefficient (Wildman–Crippen LogP) is 5.89. The number of carbonyl (C=O) groups is 1. The molecule has 0 amide bonds. The van der Waals surface area contributed by atoms with Crippen LogP contribution in [-0.2, 0) is 16.1 Å². The van der Waals surface area contributed by atoms with Crippen LogP contribution < -0.4 is 9.47 Å². The third-order valence-corrected chi connectivity index (χ3v) is 5.85. The van der Waals surface area contributed by atoms with Gasteiger partial charge in [-0.15, -0.1) is 0 Å². The first-order valence-corrected chi connectivity index (χ1v) is 11.2. The first-order chi connectivity index (χ1) is 15.8. The lowest BCUT2D eigenvalue weighted by atomic mass is 9.93. The molecule has 1 saturated heterocycles. The second-order valence-corrected chi connectivity index (χ2v) is 8.80. The van der Waals surface area contributed by atoms with Crippen molar-refractivity contribution in [3.05, 3.63) is 82.9 Å². The molecule has 4 rings (SSSR count). The molecule has 1 atom stereocenters. The Bertz CT molecular complexity index is 1120. The Morgan fingerprint density at radius 3 is 2.39 bits per heavy atom. The lowest BCUT2D eigenvalue weighted by molar-refractivity contribution is -0.141. The molecule has 5 heteroatoms. The topological polar surface area (TPSA) is 54.0 Å². The highest BCUT2D eigenvalue weighted by molar-refractivity contribution is 5.75. The van der Waals surface area contributed by atoms with Gasteiger partial charge in [-0.05, 0) is 91.9 Å². The minimum absolute atomic E-state index is 0.0615. The van der Waals surface area contributed by atoms with E-state index in [0.29, 0.717) is 25.4 Å². The van der Waals surface area contributed by atoms with Crippen LogP contribution in [0.1, 0.15) is 40.9 Å². The monoisotopic (exact) mass is 446 g/mol. The zero-order valence-corrected chi connectivity index (χ0v) is 19.6. The summed E-state index contributed by atoms with van der Waals surface area (Å²) in [4.78, 5) is 10.8. The quantitative estimate of drug-likeness (QED) is 0.404. The van der Waals surface area contributed by atoms with Crippen LogP contribution in [0.5, 0.6) is 11.5 Å². The van der Waals surface area contributed by atoms with Crippen molar-refractivity contribution in [2.24, 2.45) is 0 Å². The van der Waals surface area contributed by atoms with E-state index in [0.717, 1.165) is 28.9 Å². The molecule has 0 unspecified atom stereocenters. The fourth-order valence-electron chi connectivity index (χ4n) is 4.00. The van der Waals surface area contributed by atoms with Crippen molar-refractivity contribution in [1.29, 1.82) is 0 Å². The molecule has 0 N–H and O–H groups in total. The van der Waals surface area contributed by atoms with Gasteiger partial charge in [-0.25, -0.2) is 0 Å². The Labute approximate surface area is 195 Å². The first kappa shape index (κ1) is 23.0. The minimum atomic E-state index is -0.543. The molecule has 1 aliphatic heterocycles. The van der Waals surface area contributed by atoms with Gasteiger partial charge in [0.1, 0.15) is 37.1 Å². The number of aldehydes is 1. The maximum absolute atomic E-state index is 10.8. The normalized spacial score (nSPS) is 17.0. The predicted molar refractivity (Wildman–Crippen MR) is 128 cm³/mol. The zero-order chi connectivity index (χ0) is 23.4. The molecular formula is C28H30O5.